The minimum absolute atomic E-state index is 0.0952. The van der Waals surface area contributed by atoms with Gasteiger partial charge in [-0.2, -0.15) is 0 Å². The molecule has 0 saturated carbocycles. The quantitative estimate of drug-likeness (QED) is 0.836. The van der Waals surface area contributed by atoms with Gasteiger partial charge in [0.25, 0.3) is 0 Å². The SMILES string of the molecule is Cc1cc(C)cc(N(C)C(CN)c2ccc(Cl)cc2Br)c1. The monoisotopic (exact) mass is 366 g/mol. The van der Waals surface area contributed by atoms with Crippen LogP contribution in [-0.2, 0) is 0 Å². The highest BCUT2D eigenvalue weighted by Gasteiger charge is 2.19. The first-order valence-electron chi connectivity index (χ1n) is 6.88. The van der Waals surface area contributed by atoms with Crippen molar-refractivity contribution in [2.75, 3.05) is 18.5 Å². The molecule has 1 atom stereocenters. The zero-order valence-corrected chi connectivity index (χ0v) is 14.9. The first-order chi connectivity index (χ1) is 9.92. The molecule has 0 aromatic heterocycles. The van der Waals surface area contributed by atoms with Crippen LogP contribution in [0.4, 0.5) is 5.69 Å². The summed E-state index contributed by atoms with van der Waals surface area (Å²) in [6.07, 6.45) is 0. The maximum atomic E-state index is 6.03. The largest absolute Gasteiger partial charge is 0.366 e. The normalized spacial score (nSPS) is 12.3. The van der Waals surface area contributed by atoms with Crippen molar-refractivity contribution in [3.05, 3.63) is 62.6 Å². The zero-order chi connectivity index (χ0) is 15.6. The van der Waals surface area contributed by atoms with Crippen LogP contribution in [-0.4, -0.2) is 13.6 Å². The van der Waals surface area contributed by atoms with Crippen LogP contribution in [0.5, 0.6) is 0 Å². The molecule has 1 unspecified atom stereocenters. The first kappa shape index (κ1) is 16.3. The van der Waals surface area contributed by atoms with E-state index < -0.39 is 0 Å². The van der Waals surface area contributed by atoms with Crippen LogP contribution in [0.2, 0.25) is 5.02 Å². The van der Waals surface area contributed by atoms with Gasteiger partial charge in [-0.1, -0.05) is 39.7 Å². The average Bonchev–Trinajstić information content (AvgIpc) is 2.40. The third-order valence-electron chi connectivity index (χ3n) is 3.63. The lowest BCUT2D eigenvalue weighted by molar-refractivity contribution is 0.677. The molecule has 2 aromatic rings. The summed E-state index contributed by atoms with van der Waals surface area (Å²) in [4.78, 5) is 2.22. The van der Waals surface area contributed by atoms with Crippen molar-refractivity contribution in [3.63, 3.8) is 0 Å². The molecule has 0 bridgehead atoms. The first-order valence-corrected chi connectivity index (χ1v) is 8.05. The number of benzene rings is 2. The molecule has 2 aromatic carbocycles. The minimum Gasteiger partial charge on any atom is -0.366 e. The second kappa shape index (κ2) is 6.82. The van der Waals surface area contributed by atoms with Crippen LogP contribution in [0, 0.1) is 13.8 Å². The second-order valence-corrected chi connectivity index (χ2v) is 6.66. The fraction of sp³-hybridized carbons (Fsp3) is 0.294. The second-order valence-electron chi connectivity index (χ2n) is 5.37. The Kier molecular flexibility index (Phi) is 5.31. The molecule has 0 heterocycles. The third-order valence-corrected chi connectivity index (χ3v) is 4.55. The molecule has 0 spiro atoms. The summed E-state index contributed by atoms with van der Waals surface area (Å²) in [5, 5.41) is 0.718. The standard InChI is InChI=1S/C17H20BrClN2/c1-11-6-12(2)8-14(7-11)21(3)17(10-20)15-5-4-13(19)9-16(15)18/h4-9,17H,10,20H2,1-3H3. The Morgan fingerprint density at radius 1 is 1.14 bits per heavy atom. The fourth-order valence-electron chi connectivity index (χ4n) is 2.60. The van der Waals surface area contributed by atoms with Gasteiger partial charge in [-0.15, -0.1) is 0 Å². The van der Waals surface area contributed by atoms with Gasteiger partial charge in [0.2, 0.25) is 0 Å². The number of likely N-dealkylation sites (N-methyl/N-ethyl adjacent to an activating group) is 1. The van der Waals surface area contributed by atoms with Gasteiger partial charge in [0.1, 0.15) is 0 Å². The van der Waals surface area contributed by atoms with Gasteiger partial charge in [0.15, 0.2) is 0 Å². The Hall–Kier alpha value is -1.03. The van der Waals surface area contributed by atoms with Crippen LogP contribution >= 0.6 is 27.5 Å². The highest BCUT2D eigenvalue weighted by Crippen LogP contribution is 2.32. The molecule has 4 heteroatoms. The number of hydrogen-bond acceptors (Lipinski definition) is 2. The van der Waals surface area contributed by atoms with Crippen molar-refractivity contribution in [1.82, 2.24) is 0 Å². The molecule has 0 aliphatic carbocycles. The van der Waals surface area contributed by atoms with E-state index in [9.17, 15) is 0 Å². The van der Waals surface area contributed by atoms with E-state index in [1.165, 1.54) is 16.8 Å². The summed E-state index contributed by atoms with van der Waals surface area (Å²) in [5.74, 6) is 0. The van der Waals surface area contributed by atoms with Crippen molar-refractivity contribution in [3.8, 4) is 0 Å². The van der Waals surface area contributed by atoms with Crippen LogP contribution in [0.25, 0.3) is 0 Å². The molecule has 0 fully saturated rings. The molecule has 0 aliphatic heterocycles. The van der Waals surface area contributed by atoms with Gasteiger partial charge in [0.05, 0.1) is 6.04 Å². The van der Waals surface area contributed by atoms with Crippen molar-refractivity contribution in [2.45, 2.75) is 19.9 Å². The fourth-order valence-corrected chi connectivity index (χ4v) is 3.55. The highest BCUT2D eigenvalue weighted by molar-refractivity contribution is 9.10. The van der Waals surface area contributed by atoms with E-state index in [2.05, 4.69) is 59.9 Å². The summed E-state index contributed by atoms with van der Waals surface area (Å²) < 4.78 is 0.988. The lowest BCUT2D eigenvalue weighted by Gasteiger charge is -2.31. The van der Waals surface area contributed by atoms with Crippen LogP contribution in [0.3, 0.4) is 0 Å². The Bertz CT molecular complexity index is 622. The van der Waals surface area contributed by atoms with E-state index in [1.54, 1.807) is 0 Å². The van der Waals surface area contributed by atoms with Gasteiger partial charge < -0.3 is 10.6 Å². The molecule has 2 nitrogen and oxygen atoms in total. The predicted octanol–water partition coefficient (Wildman–Crippen LogP) is 4.86. The zero-order valence-electron chi connectivity index (χ0n) is 12.5. The summed E-state index contributed by atoms with van der Waals surface area (Å²) in [5.41, 5.74) is 10.8. The molecule has 2 rings (SSSR count). The number of anilines is 1. The summed E-state index contributed by atoms with van der Waals surface area (Å²) in [7, 11) is 2.08. The van der Waals surface area contributed by atoms with Gasteiger partial charge >= 0.3 is 0 Å². The number of aryl methyl sites for hydroxylation is 2. The Labute approximate surface area is 140 Å². The Morgan fingerprint density at radius 2 is 1.76 bits per heavy atom. The summed E-state index contributed by atoms with van der Waals surface area (Å²) >= 11 is 9.62. The molecule has 21 heavy (non-hydrogen) atoms. The molecule has 0 aliphatic rings. The maximum Gasteiger partial charge on any atom is 0.0672 e. The van der Waals surface area contributed by atoms with E-state index in [0.717, 1.165) is 15.1 Å². The van der Waals surface area contributed by atoms with E-state index in [0.29, 0.717) is 6.54 Å². The van der Waals surface area contributed by atoms with E-state index in [1.807, 2.05) is 18.2 Å². The van der Waals surface area contributed by atoms with Crippen LogP contribution < -0.4 is 10.6 Å². The lowest BCUT2D eigenvalue weighted by Crippen LogP contribution is -2.30. The number of halogens is 2. The molecule has 0 radical (unpaired) electrons. The van der Waals surface area contributed by atoms with E-state index in [-0.39, 0.29) is 6.04 Å². The molecular weight excluding hydrogens is 348 g/mol. The Balaban J connectivity index is 2.40. The van der Waals surface area contributed by atoms with E-state index >= 15 is 0 Å². The Morgan fingerprint density at radius 3 is 2.29 bits per heavy atom. The van der Waals surface area contributed by atoms with Crippen molar-refractivity contribution in [1.29, 1.82) is 0 Å². The predicted molar refractivity (Wildman–Crippen MR) is 95.3 cm³/mol. The van der Waals surface area contributed by atoms with Crippen LogP contribution in [0.1, 0.15) is 22.7 Å². The van der Waals surface area contributed by atoms with E-state index in [4.69, 9.17) is 17.3 Å². The van der Waals surface area contributed by atoms with Crippen molar-refractivity contribution < 1.29 is 0 Å². The molecule has 0 amide bonds. The molecule has 0 saturated heterocycles. The molecular formula is C17H20BrClN2. The lowest BCUT2D eigenvalue weighted by atomic mass is 10.0. The maximum absolute atomic E-state index is 6.03. The number of nitrogens with two attached hydrogens (primary N) is 1. The number of rotatable bonds is 4. The van der Waals surface area contributed by atoms with Crippen molar-refractivity contribution >= 4 is 33.2 Å². The van der Waals surface area contributed by atoms with Gasteiger partial charge in [0, 0.05) is 28.8 Å². The highest BCUT2D eigenvalue weighted by atomic mass is 79.9. The van der Waals surface area contributed by atoms with Gasteiger partial charge in [-0.25, -0.2) is 0 Å². The topological polar surface area (TPSA) is 29.3 Å². The summed E-state index contributed by atoms with van der Waals surface area (Å²) in [6.45, 7) is 4.75. The van der Waals surface area contributed by atoms with Gasteiger partial charge in [-0.3, -0.25) is 0 Å². The third kappa shape index (κ3) is 3.79. The minimum atomic E-state index is 0.0952. The number of hydrogen-bond donors (Lipinski definition) is 1. The smallest absolute Gasteiger partial charge is 0.0672 e. The van der Waals surface area contributed by atoms with Crippen LogP contribution in [0.15, 0.2) is 40.9 Å². The molecule has 2 N–H and O–H groups in total. The molecule has 112 valence electrons. The van der Waals surface area contributed by atoms with Crippen molar-refractivity contribution in [2.24, 2.45) is 5.73 Å². The van der Waals surface area contributed by atoms with Gasteiger partial charge in [-0.05, 0) is 54.8 Å². The average molecular weight is 368 g/mol. The summed E-state index contributed by atoms with van der Waals surface area (Å²) in [6, 6.07) is 12.5. The number of nitrogens with zero attached hydrogens (tertiary/aromatic N) is 1.